The fourth-order valence-corrected chi connectivity index (χ4v) is 1.68. The van der Waals surface area contributed by atoms with Crippen LogP contribution >= 0.6 is 0 Å². The van der Waals surface area contributed by atoms with Crippen LogP contribution in [0.1, 0.15) is 31.5 Å². The molecular weight excluding hydrogens is 194 g/mol. The van der Waals surface area contributed by atoms with Gasteiger partial charge in [0.25, 0.3) is 0 Å². The van der Waals surface area contributed by atoms with E-state index in [2.05, 4.69) is 10.2 Å². The van der Waals surface area contributed by atoms with Crippen LogP contribution in [0.25, 0.3) is 0 Å². The lowest BCUT2D eigenvalue weighted by Crippen LogP contribution is -2.35. The van der Waals surface area contributed by atoms with Gasteiger partial charge in [0.1, 0.15) is 6.61 Å². The molecule has 0 radical (unpaired) electrons. The monoisotopic (exact) mass is 211 g/mol. The molecular formula is C10H17N3O2. The second kappa shape index (κ2) is 4.72. The van der Waals surface area contributed by atoms with Crippen LogP contribution in [0.2, 0.25) is 0 Å². The van der Waals surface area contributed by atoms with E-state index in [1.807, 2.05) is 6.92 Å². The molecule has 0 aromatic carbocycles. The first-order chi connectivity index (χ1) is 7.31. The lowest BCUT2D eigenvalue weighted by molar-refractivity contribution is -0.0449. The van der Waals surface area contributed by atoms with E-state index < -0.39 is 0 Å². The summed E-state index contributed by atoms with van der Waals surface area (Å²) >= 11 is 0. The van der Waals surface area contributed by atoms with Gasteiger partial charge in [-0.3, -0.25) is 0 Å². The molecule has 84 valence electrons. The van der Waals surface area contributed by atoms with Crippen LogP contribution in [0, 0.1) is 5.92 Å². The van der Waals surface area contributed by atoms with Crippen molar-refractivity contribution in [2.24, 2.45) is 11.7 Å². The number of rotatable bonds is 5. The largest absolute Gasteiger partial charge is 0.423 e. The highest BCUT2D eigenvalue weighted by molar-refractivity contribution is 4.83. The zero-order valence-corrected chi connectivity index (χ0v) is 8.98. The van der Waals surface area contributed by atoms with Gasteiger partial charge in [0.2, 0.25) is 11.8 Å². The number of hydrogen-bond donors (Lipinski definition) is 1. The lowest BCUT2D eigenvalue weighted by Gasteiger charge is -2.33. The molecule has 1 heterocycles. The summed E-state index contributed by atoms with van der Waals surface area (Å²) in [6, 6.07) is 0. The van der Waals surface area contributed by atoms with E-state index in [9.17, 15) is 0 Å². The summed E-state index contributed by atoms with van der Waals surface area (Å²) in [5.74, 6) is 1.88. The van der Waals surface area contributed by atoms with Crippen molar-refractivity contribution in [1.82, 2.24) is 10.2 Å². The minimum absolute atomic E-state index is 0.329. The molecule has 5 nitrogen and oxygen atoms in total. The molecule has 2 N–H and O–H groups in total. The van der Waals surface area contributed by atoms with Crippen LogP contribution in [-0.4, -0.2) is 22.8 Å². The summed E-state index contributed by atoms with van der Waals surface area (Å²) in [5.41, 5.74) is 5.53. The van der Waals surface area contributed by atoms with Crippen molar-refractivity contribution in [2.45, 2.75) is 38.9 Å². The van der Waals surface area contributed by atoms with Crippen LogP contribution < -0.4 is 5.73 Å². The Morgan fingerprint density at radius 2 is 2.13 bits per heavy atom. The van der Waals surface area contributed by atoms with Gasteiger partial charge < -0.3 is 14.9 Å². The number of ether oxygens (including phenoxy) is 1. The fourth-order valence-electron chi connectivity index (χ4n) is 1.68. The molecule has 2 rings (SSSR count). The number of hydrogen-bond acceptors (Lipinski definition) is 5. The highest BCUT2D eigenvalue weighted by Gasteiger charge is 2.28. The highest BCUT2D eigenvalue weighted by atomic mass is 16.5. The minimum Gasteiger partial charge on any atom is -0.423 e. The Morgan fingerprint density at radius 1 is 1.40 bits per heavy atom. The second-order valence-corrected chi connectivity index (χ2v) is 3.95. The van der Waals surface area contributed by atoms with Crippen molar-refractivity contribution in [3.05, 3.63) is 11.8 Å². The van der Waals surface area contributed by atoms with Gasteiger partial charge >= 0.3 is 0 Å². The summed E-state index contributed by atoms with van der Waals surface area (Å²) in [5, 5.41) is 7.76. The Morgan fingerprint density at radius 3 is 2.73 bits per heavy atom. The van der Waals surface area contributed by atoms with Crippen LogP contribution in [0.4, 0.5) is 0 Å². The topological polar surface area (TPSA) is 74.2 Å². The van der Waals surface area contributed by atoms with Gasteiger partial charge in [0.15, 0.2) is 0 Å². The third-order valence-electron chi connectivity index (χ3n) is 2.78. The first-order valence-corrected chi connectivity index (χ1v) is 5.44. The normalized spacial score (nSPS) is 25.2. The average molecular weight is 211 g/mol. The van der Waals surface area contributed by atoms with Crippen molar-refractivity contribution >= 4 is 0 Å². The number of nitrogens with two attached hydrogens (primary N) is 1. The summed E-state index contributed by atoms with van der Waals surface area (Å²) in [6.07, 6.45) is 3.22. The SMILES string of the molecule is CCc1nnc(COC2CC(CN)C2)o1. The smallest absolute Gasteiger partial charge is 0.242 e. The van der Waals surface area contributed by atoms with E-state index in [1.54, 1.807) is 0 Å². The van der Waals surface area contributed by atoms with E-state index in [4.69, 9.17) is 14.9 Å². The molecule has 1 fully saturated rings. The molecule has 0 amide bonds. The molecule has 0 aliphatic heterocycles. The quantitative estimate of drug-likeness (QED) is 0.782. The zero-order valence-electron chi connectivity index (χ0n) is 8.98. The predicted octanol–water partition coefficient (Wildman–Crippen LogP) is 0.886. The molecule has 1 aliphatic rings. The van der Waals surface area contributed by atoms with Crippen molar-refractivity contribution in [1.29, 1.82) is 0 Å². The van der Waals surface area contributed by atoms with Gasteiger partial charge in [0, 0.05) is 6.42 Å². The highest BCUT2D eigenvalue weighted by Crippen LogP contribution is 2.29. The molecule has 15 heavy (non-hydrogen) atoms. The van der Waals surface area contributed by atoms with E-state index in [-0.39, 0.29) is 0 Å². The number of aromatic nitrogens is 2. The molecule has 0 atom stereocenters. The molecule has 1 aromatic heterocycles. The van der Waals surface area contributed by atoms with Gasteiger partial charge in [-0.2, -0.15) is 0 Å². The van der Waals surface area contributed by atoms with Crippen molar-refractivity contribution in [2.75, 3.05) is 6.54 Å². The van der Waals surface area contributed by atoms with Crippen LogP contribution in [0.3, 0.4) is 0 Å². The van der Waals surface area contributed by atoms with Crippen LogP contribution in [0.15, 0.2) is 4.42 Å². The van der Waals surface area contributed by atoms with Gasteiger partial charge in [0.05, 0.1) is 6.10 Å². The maximum atomic E-state index is 5.60. The number of aryl methyl sites for hydroxylation is 1. The van der Waals surface area contributed by atoms with Crippen LogP contribution in [0.5, 0.6) is 0 Å². The zero-order chi connectivity index (χ0) is 10.7. The van der Waals surface area contributed by atoms with Gasteiger partial charge in [-0.25, -0.2) is 0 Å². The summed E-state index contributed by atoms with van der Waals surface area (Å²) in [4.78, 5) is 0. The van der Waals surface area contributed by atoms with Crippen molar-refractivity contribution < 1.29 is 9.15 Å². The Hall–Kier alpha value is -0.940. The van der Waals surface area contributed by atoms with Gasteiger partial charge in [-0.1, -0.05) is 6.92 Å². The molecule has 1 saturated carbocycles. The van der Waals surface area contributed by atoms with E-state index in [0.29, 0.717) is 30.4 Å². The second-order valence-electron chi connectivity index (χ2n) is 3.95. The van der Waals surface area contributed by atoms with Gasteiger partial charge in [-0.05, 0) is 25.3 Å². The minimum atomic E-state index is 0.329. The van der Waals surface area contributed by atoms with Crippen molar-refractivity contribution in [3.8, 4) is 0 Å². The molecule has 1 aliphatic carbocycles. The Labute approximate surface area is 89.0 Å². The molecule has 0 bridgehead atoms. The van der Waals surface area contributed by atoms with Gasteiger partial charge in [-0.15, -0.1) is 10.2 Å². The average Bonchev–Trinajstić information content (AvgIpc) is 2.64. The van der Waals surface area contributed by atoms with E-state index in [1.165, 1.54) is 0 Å². The maximum absolute atomic E-state index is 5.60. The molecule has 0 unspecified atom stereocenters. The first kappa shape index (κ1) is 10.6. The Balaban J connectivity index is 1.70. The van der Waals surface area contributed by atoms with E-state index >= 15 is 0 Å². The molecule has 0 saturated heterocycles. The van der Waals surface area contributed by atoms with E-state index in [0.717, 1.165) is 25.8 Å². The fraction of sp³-hybridized carbons (Fsp3) is 0.800. The van der Waals surface area contributed by atoms with Crippen molar-refractivity contribution in [3.63, 3.8) is 0 Å². The Kier molecular flexibility index (Phi) is 3.33. The molecule has 1 aromatic rings. The third kappa shape index (κ3) is 2.54. The third-order valence-corrected chi connectivity index (χ3v) is 2.78. The molecule has 0 spiro atoms. The summed E-state index contributed by atoms with van der Waals surface area (Å²) in [7, 11) is 0. The predicted molar refractivity (Wildman–Crippen MR) is 54.0 cm³/mol. The first-order valence-electron chi connectivity index (χ1n) is 5.44. The maximum Gasteiger partial charge on any atom is 0.242 e. The summed E-state index contributed by atoms with van der Waals surface area (Å²) < 4.78 is 10.9. The molecule has 5 heteroatoms. The standard InChI is InChI=1S/C10H17N3O2/c1-2-9-12-13-10(15-9)6-14-8-3-7(4-8)5-11/h7-8H,2-6,11H2,1H3. The Bertz CT molecular complexity index is 307. The lowest BCUT2D eigenvalue weighted by atomic mass is 9.82. The van der Waals surface area contributed by atoms with Crippen LogP contribution in [-0.2, 0) is 17.8 Å². The number of nitrogens with zero attached hydrogens (tertiary/aromatic N) is 2. The summed E-state index contributed by atoms with van der Waals surface area (Å²) in [6.45, 7) is 3.17.